The number of amides is 2. The van der Waals surface area contributed by atoms with Crippen LogP contribution in [-0.2, 0) is 11.2 Å². The number of benzene rings is 1. The second-order valence-electron chi connectivity index (χ2n) is 10.2. The number of hydrogen-bond acceptors (Lipinski definition) is 8. The first-order valence-corrected chi connectivity index (χ1v) is 12.6. The van der Waals surface area contributed by atoms with E-state index >= 15 is 0 Å². The van der Waals surface area contributed by atoms with E-state index in [0.717, 1.165) is 17.5 Å². The van der Waals surface area contributed by atoms with Crippen LogP contribution >= 0.6 is 0 Å². The Morgan fingerprint density at radius 1 is 1.05 bits per heavy atom. The highest BCUT2D eigenvalue weighted by molar-refractivity contribution is 5.94. The Labute approximate surface area is 222 Å². The number of ether oxygens (including phenoxy) is 1. The van der Waals surface area contributed by atoms with Crippen molar-refractivity contribution >= 4 is 23.6 Å². The summed E-state index contributed by atoms with van der Waals surface area (Å²) in [7, 11) is 0. The number of piperazine rings is 1. The van der Waals surface area contributed by atoms with Crippen LogP contribution in [-0.4, -0.2) is 70.3 Å². The molecule has 10 heteroatoms. The van der Waals surface area contributed by atoms with Crippen molar-refractivity contribution in [1.82, 2.24) is 14.9 Å². The molecule has 0 radical (unpaired) electrons. The standard InChI is InChI=1S/C28H34N6O4/c1-28(2,3)38-27(37)34-14-12-33(13-15-34)25-18-21(26(29)36)16-23(32-25)20-9-11-31-24(17-20)30-10-8-19-4-6-22(35)7-5-19/h4-7,9,11,16-18,35H,8,10,12-15H2,1-3H3,(H2,29,36)(H,30,31). The van der Waals surface area contributed by atoms with Gasteiger partial charge in [0.1, 0.15) is 23.0 Å². The number of carbonyl (C=O) groups is 2. The topological polar surface area (TPSA) is 134 Å². The smallest absolute Gasteiger partial charge is 0.410 e. The van der Waals surface area contributed by atoms with Crippen molar-refractivity contribution in [2.75, 3.05) is 42.9 Å². The SMILES string of the molecule is CC(C)(C)OC(=O)N1CCN(c2cc(C(N)=O)cc(-c3ccnc(NCCc4ccc(O)cc4)c3)n2)CC1. The highest BCUT2D eigenvalue weighted by Crippen LogP contribution is 2.26. The zero-order valence-electron chi connectivity index (χ0n) is 22.0. The maximum absolute atomic E-state index is 12.4. The number of primary amides is 1. The molecule has 200 valence electrons. The van der Waals surface area contributed by atoms with Crippen LogP contribution in [0.3, 0.4) is 0 Å². The molecule has 10 nitrogen and oxygen atoms in total. The zero-order chi connectivity index (χ0) is 27.3. The molecule has 3 heterocycles. The molecule has 4 N–H and O–H groups in total. The van der Waals surface area contributed by atoms with Crippen LogP contribution < -0.4 is 16.0 Å². The van der Waals surface area contributed by atoms with Gasteiger partial charge >= 0.3 is 6.09 Å². The minimum Gasteiger partial charge on any atom is -0.508 e. The van der Waals surface area contributed by atoms with E-state index in [0.29, 0.717) is 55.6 Å². The third-order valence-corrected chi connectivity index (χ3v) is 6.06. The average Bonchev–Trinajstić information content (AvgIpc) is 2.89. The molecule has 2 aromatic heterocycles. The summed E-state index contributed by atoms with van der Waals surface area (Å²) in [6.45, 7) is 8.26. The number of rotatable bonds is 7. The summed E-state index contributed by atoms with van der Waals surface area (Å²) in [6, 6.07) is 14.2. The molecule has 4 rings (SSSR count). The predicted molar refractivity (Wildman–Crippen MR) is 146 cm³/mol. The van der Waals surface area contributed by atoms with Gasteiger partial charge in [-0.1, -0.05) is 12.1 Å². The summed E-state index contributed by atoms with van der Waals surface area (Å²) in [6.07, 6.45) is 2.12. The monoisotopic (exact) mass is 518 g/mol. The molecule has 0 bridgehead atoms. The Morgan fingerprint density at radius 2 is 1.76 bits per heavy atom. The quantitative estimate of drug-likeness (QED) is 0.431. The van der Waals surface area contributed by atoms with Crippen LogP contribution in [0.25, 0.3) is 11.3 Å². The maximum atomic E-state index is 12.4. The Kier molecular flexibility index (Phi) is 7.99. The number of hydrogen-bond donors (Lipinski definition) is 3. The minimum absolute atomic E-state index is 0.242. The summed E-state index contributed by atoms with van der Waals surface area (Å²) in [4.78, 5) is 37.5. The number of carbonyl (C=O) groups excluding carboxylic acids is 2. The number of nitrogens with two attached hydrogens (primary N) is 1. The Balaban J connectivity index is 1.46. The zero-order valence-corrected chi connectivity index (χ0v) is 22.0. The number of pyridine rings is 2. The van der Waals surface area contributed by atoms with Gasteiger partial charge in [0.15, 0.2) is 0 Å². The van der Waals surface area contributed by atoms with Gasteiger partial charge < -0.3 is 30.7 Å². The molecular weight excluding hydrogens is 484 g/mol. The van der Waals surface area contributed by atoms with Crippen LogP contribution in [0.15, 0.2) is 54.7 Å². The van der Waals surface area contributed by atoms with Gasteiger partial charge in [0.05, 0.1) is 5.69 Å². The van der Waals surface area contributed by atoms with Gasteiger partial charge in [-0.25, -0.2) is 14.8 Å². The largest absolute Gasteiger partial charge is 0.508 e. The summed E-state index contributed by atoms with van der Waals surface area (Å²) >= 11 is 0. The van der Waals surface area contributed by atoms with E-state index in [1.807, 2.05) is 49.9 Å². The Hall–Kier alpha value is -4.34. The normalized spacial score (nSPS) is 13.8. The molecule has 2 amide bonds. The van der Waals surface area contributed by atoms with E-state index in [4.69, 9.17) is 15.5 Å². The van der Waals surface area contributed by atoms with Crippen molar-refractivity contribution in [2.45, 2.75) is 32.8 Å². The second kappa shape index (κ2) is 11.4. The predicted octanol–water partition coefficient (Wildman–Crippen LogP) is 3.66. The number of phenols is 1. The third-order valence-electron chi connectivity index (χ3n) is 6.06. The van der Waals surface area contributed by atoms with E-state index in [9.17, 15) is 14.7 Å². The molecular formula is C28H34N6O4. The number of nitrogens with one attached hydrogen (secondary N) is 1. The first kappa shape index (κ1) is 26.7. The molecule has 0 aliphatic carbocycles. The molecule has 3 aromatic rings. The maximum Gasteiger partial charge on any atom is 0.410 e. The van der Waals surface area contributed by atoms with Crippen molar-refractivity contribution in [3.8, 4) is 17.0 Å². The fourth-order valence-corrected chi connectivity index (χ4v) is 4.10. The van der Waals surface area contributed by atoms with E-state index in [1.165, 1.54) is 0 Å². The lowest BCUT2D eigenvalue weighted by atomic mass is 10.1. The van der Waals surface area contributed by atoms with E-state index in [-0.39, 0.29) is 11.8 Å². The van der Waals surface area contributed by atoms with E-state index < -0.39 is 11.5 Å². The van der Waals surface area contributed by atoms with Gasteiger partial charge in [-0.05, 0) is 69.2 Å². The molecule has 0 atom stereocenters. The fourth-order valence-electron chi connectivity index (χ4n) is 4.10. The van der Waals surface area contributed by atoms with E-state index in [1.54, 1.807) is 35.4 Å². The summed E-state index contributed by atoms with van der Waals surface area (Å²) < 4.78 is 5.48. The Bertz CT molecular complexity index is 1280. The van der Waals surface area contributed by atoms with Crippen molar-refractivity contribution in [1.29, 1.82) is 0 Å². The van der Waals surface area contributed by atoms with Gasteiger partial charge in [0, 0.05) is 50.0 Å². The lowest BCUT2D eigenvalue weighted by Crippen LogP contribution is -2.50. The molecule has 1 saturated heterocycles. The summed E-state index contributed by atoms with van der Waals surface area (Å²) in [5, 5.41) is 12.8. The summed E-state index contributed by atoms with van der Waals surface area (Å²) in [5.41, 5.74) is 7.95. The third kappa shape index (κ3) is 7.12. The van der Waals surface area contributed by atoms with Crippen LogP contribution in [0.1, 0.15) is 36.7 Å². The first-order chi connectivity index (χ1) is 18.1. The number of nitrogens with zero attached hydrogens (tertiary/aromatic N) is 4. The molecule has 0 unspecified atom stereocenters. The minimum atomic E-state index is -0.551. The van der Waals surface area contributed by atoms with Crippen LogP contribution in [0.4, 0.5) is 16.4 Å². The lowest BCUT2D eigenvalue weighted by molar-refractivity contribution is 0.0240. The van der Waals surface area contributed by atoms with Gasteiger partial charge in [-0.3, -0.25) is 4.79 Å². The average molecular weight is 519 g/mol. The van der Waals surface area contributed by atoms with Gasteiger partial charge in [0.25, 0.3) is 0 Å². The van der Waals surface area contributed by atoms with Crippen molar-refractivity contribution in [3.63, 3.8) is 0 Å². The van der Waals surface area contributed by atoms with Gasteiger partial charge in [-0.15, -0.1) is 0 Å². The second-order valence-corrected chi connectivity index (χ2v) is 10.2. The number of phenolic OH excluding ortho intramolecular Hbond substituents is 1. The highest BCUT2D eigenvalue weighted by Gasteiger charge is 2.27. The molecule has 0 spiro atoms. The molecule has 1 aliphatic rings. The molecule has 38 heavy (non-hydrogen) atoms. The molecule has 1 aliphatic heterocycles. The van der Waals surface area contributed by atoms with Crippen LogP contribution in [0.2, 0.25) is 0 Å². The van der Waals surface area contributed by atoms with Crippen LogP contribution in [0.5, 0.6) is 5.75 Å². The van der Waals surface area contributed by atoms with Gasteiger partial charge in [-0.2, -0.15) is 0 Å². The van der Waals surface area contributed by atoms with Gasteiger partial charge in [0.2, 0.25) is 5.91 Å². The van der Waals surface area contributed by atoms with Crippen LogP contribution in [0, 0.1) is 0 Å². The highest BCUT2D eigenvalue weighted by atomic mass is 16.6. The van der Waals surface area contributed by atoms with Crippen molar-refractivity contribution < 1.29 is 19.4 Å². The fraction of sp³-hybridized carbons (Fsp3) is 0.357. The molecule has 1 fully saturated rings. The number of aromatic hydroxyl groups is 1. The lowest BCUT2D eigenvalue weighted by Gasteiger charge is -2.36. The Morgan fingerprint density at radius 3 is 2.42 bits per heavy atom. The molecule has 1 aromatic carbocycles. The van der Waals surface area contributed by atoms with E-state index in [2.05, 4.69) is 10.3 Å². The molecule has 0 saturated carbocycles. The first-order valence-electron chi connectivity index (χ1n) is 12.6. The van der Waals surface area contributed by atoms with Crippen molar-refractivity contribution in [2.24, 2.45) is 5.73 Å². The number of aromatic nitrogens is 2. The summed E-state index contributed by atoms with van der Waals surface area (Å²) in [5.74, 6) is 1.01. The number of anilines is 2. The van der Waals surface area contributed by atoms with Crippen molar-refractivity contribution in [3.05, 3.63) is 65.9 Å².